The molecule has 0 rings (SSSR count). The lowest BCUT2D eigenvalue weighted by Gasteiger charge is -2.33. The van der Waals surface area contributed by atoms with E-state index in [1.165, 1.54) is 128 Å². The van der Waals surface area contributed by atoms with E-state index < -0.39 is 5.54 Å². The first-order chi connectivity index (χ1) is 19.4. The van der Waals surface area contributed by atoms with E-state index in [0.29, 0.717) is 12.8 Å². The van der Waals surface area contributed by atoms with Crippen molar-refractivity contribution in [1.82, 2.24) is 5.06 Å². The van der Waals surface area contributed by atoms with Crippen LogP contribution in [0.3, 0.4) is 0 Å². The third-order valence-corrected chi connectivity index (χ3v) is 8.92. The van der Waals surface area contributed by atoms with Gasteiger partial charge in [0.1, 0.15) is 0 Å². The van der Waals surface area contributed by atoms with E-state index in [1.807, 2.05) is 0 Å². The van der Waals surface area contributed by atoms with Crippen LogP contribution < -0.4 is 0 Å². The van der Waals surface area contributed by atoms with Crippen molar-refractivity contribution in [3.05, 3.63) is 0 Å². The van der Waals surface area contributed by atoms with Crippen molar-refractivity contribution in [2.75, 3.05) is 6.54 Å². The number of Topliss-reactive ketones (excluding diaryl/α,β-unsaturated/α-hetero) is 2. The van der Waals surface area contributed by atoms with Crippen LogP contribution in [0.1, 0.15) is 207 Å². The Balaban J connectivity index is 3.99. The van der Waals surface area contributed by atoms with Crippen LogP contribution in [-0.2, 0) is 9.59 Å². The van der Waals surface area contributed by atoms with E-state index in [0.717, 1.165) is 43.6 Å². The Kier molecular flexibility index (Phi) is 27.9. The van der Waals surface area contributed by atoms with Gasteiger partial charge in [-0.25, -0.2) is 0 Å². The minimum atomic E-state index is -1.39. The smallest absolute Gasteiger partial charge is 0.162 e. The van der Waals surface area contributed by atoms with Gasteiger partial charge >= 0.3 is 0 Å². The monoisotopic (exact) mass is 566 g/mol. The van der Waals surface area contributed by atoms with Gasteiger partial charge < -0.3 is 5.21 Å². The van der Waals surface area contributed by atoms with Gasteiger partial charge in [-0.1, -0.05) is 175 Å². The molecule has 1 N–H and O–H groups in total. The first-order valence-electron chi connectivity index (χ1n) is 18.0. The highest BCUT2D eigenvalue weighted by Gasteiger charge is 2.44. The highest BCUT2D eigenvalue weighted by atomic mass is 16.5. The van der Waals surface area contributed by atoms with Gasteiger partial charge in [0.05, 0.1) is 0 Å². The number of unbranched alkanes of at least 4 members (excludes halogenated alkanes) is 24. The van der Waals surface area contributed by atoms with Crippen LogP contribution in [0, 0.1) is 0 Å². The largest absolute Gasteiger partial charge is 0.313 e. The molecule has 0 fully saturated rings. The minimum Gasteiger partial charge on any atom is -0.313 e. The predicted octanol–water partition coefficient (Wildman–Crippen LogP) is 11.6. The number of ketones is 2. The zero-order valence-electron chi connectivity index (χ0n) is 27.7. The van der Waals surface area contributed by atoms with Gasteiger partial charge in [0.2, 0.25) is 0 Å². The van der Waals surface area contributed by atoms with Gasteiger partial charge in [0.25, 0.3) is 0 Å². The maximum absolute atomic E-state index is 13.1. The molecule has 0 aromatic rings. The van der Waals surface area contributed by atoms with Gasteiger partial charge in [0, 0.05) is 19.4 Å². The summed E-state index contributed by atoms with van der Waals surface area (Å²) in [6.07, 6.45) is 33.7. The van der Waals surface area contributed by atoms with Crippen molar-refractivity contribution in [2.24, 2.45) is 0 Å². The van der Waals surface area contributed by atoms with Crippen molar-refractivity contribution >= 4 is 11.6 Å². The summed E-state index contributed by atoms with van der Waals surface area (Å²) >= 11 is 0. The lowest BCUT2D eigenvalue weighted by atomic mass is 9.85. The first kappa shape index (κ1) is 39.3. The van der Waals surface area contributed by atoms with Crippen molar-refractivity contribution in [1.29, 1.82) is 0 Å². The molecule has 40 heavy (non-hydrogen) atoms. The third-order valence-electron chi connectivity index (χ3n) is 8.92. The number of hydroxylamine groups is 2. The van der Waals surface area contributed by atoms with Gasteiger partial charge in [-0.2, -0.15) is 5.06 Å². The van der Waals surface area contributed by atoms with Crippen molar-refractivity contribution in [3.63, 3.8) is 0 Å². The molecule has 0 amide bonds. The Morgan fingerprint density at radius 2 is 0.675 bits per heavy atom. The summed E-state index contributed by atoms with van der Waals surface area (Å²) in [6.45, 7) is 8.26. The average molecular weight is 566 g/mol. The van der Waals surface area contributed by atoms with Crippen molar-refractivity contribution in [2.45, 2.75) is 213 Å². The molecule has 0 aliphatic carbocycles. The van der Waals surface area contributed by atoms with E-state index >= 15 is 0 Å². The van der Waals surface area contributed by atoms with Gasteiger partial charge in [-0.15, -0.1) is 0 Å². The van der Waals surface area contributed by atoms with E-state index in [4.69, 9.17) is 0 Å². The summed E-state index contributed by atoms with van der Waals surface area (Å²) in [5, 5.41) is 11.5. The molecule has 0 saturated heterocycles. The number of hydrogen-bond acceptors (Lipinski definition) is 4. The molecule has 238 valence electrons. The fourth-order valence-electron chi connectivity index (χ4n) is 5.85. The zero-order chi connectivity index (χ0) is 29.7. The molecule has 0 bridgehead atoms. The molecule has 0 spiro atoms. The van der Waals surface area contributed by atoms with Gasteiger partial charge in [-0.05, 0) is 19.8 Å². The average Bonchev–Trinajstić information content (AvgIpc) is 2.96. The topological polar surface area (TPSA) is 57.6 Å². The number of carbonyl (C=O) groups excluding carboxylic acids is 2. The number of likely N-dealkylation sites (N-methyl/N-ethyl adjacent to an activating group) is 1. The second kappa shape index (κ2) is 28.4. The van der Waals surface area contributed by atoms with E-state index in [1.54, 1.807) is 13.8 Å². The summed E-state index contributed by atoms with van der Waals surface area (Å²) in [5.74, 6) is -0.223. The molecule has 0 radical (unpaired) electrons. The van der Waals surface area contributed by atoms with E-state index in [-0.39, 0.29) is 18.1 Å². The third kappa shape index (κ3) is 20.2. The molecule has 0 aromatic heterocycles. The van der Waals surface area contributed by atoms with Gasteiger partial charge in [0.15, 0.2) is 17.1 Å². The quantitative estimate of drug-likeness (QED) is 0.0500. The van der Waals surface area contributed by atoms with Crippen LogP contribution in [0.4, 0.5) is 0 Å². The minimum absolute atomic E-state index is 0.111. The van der Waals surface area contributed by atoms with Crippen LogP contribution in [0.15, 0.2) is 0 Å². The Labute approximate surface area is 250 Å². The molecule has 4 nitrogen and oxygen atoms in total. The lowest BCUT2D eigenvalue weighted by molar-refractivity contribution is -0.183. The van der Waals surface area contributed by atoms with Crippen LogP contribution in [0.2, 0.25) is 0 Å². The van der Waals surface area contributed by atoms with E-state index in [2.05, 4.69) is 13.8 Å². The summed E-state index contributed by atoms with van der Waals surface area (Å²) in [5.41, 5.74) is -1.39. The zero-order valence-corrected chi connectivity index (χ0v) is 27.7. The Morgan fingerprint density at radius 3 is 0.900 bits per heavy atom. The maximum atomic E-state index is 13.1. The summed E-state index contributed by atoms with van der Waals surface area (Å²) in [7, 11) is 0. The molecule has 0 aliphatic rings. The summed E-state index contributed by atoms with van der Waals surface area (Å²) in [6, 6.07) is 0. The Bertz CT molecular complexity index is 534. The predicted molar refractivity (Wildman–Crippen MR) is 173 cm³/mol. The second-order valence-electron chi connectivity index (χ2n) is 12.6. The first-order valence-corrected chi connectivity index (χ1v) is 18.0. The Hall–Kier alpha value is -0.740. The van der Waals surface area contributed by atoms with Gasteiger partial charge in [-0.3, -0.25) is 9.59 Å². The standard InChI is InChI=1S/C36H71NO3/c1-5-8-10-12-14-16-18-20-22-24-26-28-30-32-34(38)36(4,37(40)7-3)35(39)33-31-29-27-25-23-21-19-17-15-13-11-9-6-2/h40H,5-33H2,1-4H3. The highest BCUT2D eigenvalue weighted by Crippen LogP contribution is 2.23. The molecule has 0 heterocycles. The lowest BCUT2D eigenvalue weighted by Crippen LogP contribution is -2.56. The molecule has 0 atom stereocenters. The molecule has 4 heteroatoms. The number of nitrogens with zero attached hydrogens (tertiary/aromatic N) is 1. The van der Waals surface area contributed by atoms with Crippen molar-refractivity contribution in [3.8, 4) is 0 Å². The molecular formula is C36H71NO3. The molecular weight excluding hydrogens is 494 g/mol. The van der Waals surface area contributed by atoms with E-state index in [9.17, 15) is 14.8 Å². The number of rotatable bonds is 32. The summed E-state index contributed by atoms with van der Waals surface area (Å²) in [4.78, 5) is 26.2. The van der Waals surface area contributed by atoms with Crippen molar-refractivity contribution < 1.29 is 14.8 Å². The fraction of sp³-hybridized carbons (Fsp3) is 0.944. The van der Waals surface area contributed by atoms with Crippen LogP contribution >= 0.6 is 0 Å². The Morgan fingerprint density at radius 1 is 0.450 bits per heavy atom. The van der Waals surface area contributed by atoms with Crippen LogP contribution in [-0.4, -0.2) is 33.9 Å². The molecule has 0 unspecified atom stereocenters. The SMILES string of the molecule is CCCCCCCCCCCCCCCC(=O)C(C)(C(=O)CCCCCCCCCCCCCCC)N(O)CC. The number of carbonyl (C=O) groups is 2. The second-order valence-corrected chi connectivity index (χ2v) is 12.6. The number of hydrogen-bond donors (Lipinski definition) is 1. The van der Waals surface area contributed by atoms with Crippen LogP contribution in [0.25, 0.3) is 0 Å². The van der Waals surface area contributed by atoms with Crippen LogP contribution in [0.5, 0.6) is 0 Å². The highest BCUT2D eigenvalue weighted by molar-refractivity contribution is 6.10. The molecule has 0 aliphatic heterocycles. The summed E-state index contributed by atoms with van der Waals surface area (Å²) < 4.78 is 0. The molecule has 0 aromatic carbocycles. The fourth-order valence-corrected chi connectivity index (χ4v) is 5.85. The maximum Gasteiger partial charge on any atom is 0.162 e. The molecule has 0 saturated carbocycles. The normalized spacial score (nSPS) is 11.9.